The molecule has 1 atom stereocenters. The quantitative estimate of drug-likeness (QED) is 0.717. The van der Waals surface area contributed by atoms with Crippen LogP contribution in [0.2, 0.25) is 0 Å². The van der Waals surface area contributed by atoms with E-state index < -0.39 is 16.1 Å². The monoisotopic (exact) mass is 252 g/mol. The van der Waals surface area contributed by atoms with E-state index in [2.05, 4.69) is 4.72 Å². The van der Waals surface area contributed by atoms with Crippen LogP contribution in [0, 0.1) is 5.41 Å². The molecule has 0 bridgehead atoms. The summed E-state index contributed by atoms with van der Waals surface area (Å²) in [4.78, 5) is 0.190. The Bertz CT molecular complexity index is 317. The third-order valence-electron chi connectivity index (χ3n) is 1.70. The summed E-state index contributed by atoms with van der Waals surface area (Å²) in [5, 5.41) is 0. The van der Waals surface area contributed by atoms with Gasteiger partial charge in [0.2, 0.25) is 10.0 Å². The van der Waals surface area contributed by atoms with Crippen LogP contribution in [0.25, 0.3) is 0 Å². The lowest BCUT2D eigenvalue weighted by atomic mass is 10.0. The average molecular weight is 252 g/mol. The molecule has 3 N–H and O–H groups in total. The molecule has 0 spiro atoms. The van der Waals surface area contributed by atoms with E-state index >= 15 is 0 Å². The first-order valence-corrected chi connectivity index (χ1v) is 6.93. The third kappa shape index (κ3) is 6.81. The number of thiocarbonyl (C=S) groups is 1. The van der Waals surface area contributed by atoms with Crippen molar-refractivity contribution in [3.05, 3.63) is 0 Å². The van der Waals surface area contributed by atoms with Gasteiger partial charge in [-0.1, -0.05) is 39.9 Å². The maximum Gasteiger partial charge on any atom is 0.212 e. The van der Waals surface area contributed by atoms with Gasteiger partial charge in [0.1, 0.15) is 0 Å². The van der Waals surface area contributed by atoms with Crippen LogP contribution < -0.4 is 10.5 Å². The maximum atomic E-state index is 11.7. The van der Waals surface area contributed by atoms with Crippen LogP contribution in [-0.4, -0.2) is 25.2 Å². The third-order valence-corrected chi connectivity index (χ3v) is 3.87. The highest BCUT2D eigenvalue weighted by Gasteiger charge is 2.24. The number of nitrogens with two attached hydrogens (primary N) is 1. The van der Waals surface area contributed by atoms with E-state index in [4.69, 9.17) is 18.0 Å². The van der Waals surface area contributed by atoms with Gasteiger partial charge in [-0.3, -0.25) is 0 Å². The van der Waals surface area contributed by atoms with Crippen molar-refractivity contribution in [3.63, 3.8) is 0 Å². The molecule has 6 heteroatoms. The van der Waals surface area contributed by atoms with Gasteiger partial charge < -0.3 is 5.73 Å². The highest BCUT2D eigenvalue weighted by atomic mass is 32.2. The summed E-state index contributed by atoms with van der Waals surface area (Å²) in [5.74, 6) is 0.0686. The summed E-state index contributed by atoms with van der Waals surface area (Å²) in [7, 11) is -3.31. The van der Waals surface area contributed by atoms with Crippen molar-refractivity contribution >= 4 is 27.2 Å². The Balaban J connectivity index is 4.57. The molecule has 0 rings (SSSR count). The SMILES string of the molecule is CCC(NS(=O)(=O)CC(C)(C)C)C(N)=S. The molecule has 0 amide bonds. The van der Waals surface area contributed by atoms with Crippen LogP contribution >= 0.6 is 12.2 Å². The van der Waals surface area contributed by atoms with Gasteiger partial charge in [-0.2, -0.15) is 0 Å². The van der Waals surface area contributed by atoms with Crippen molar-refractivity contribution in [1.29, 1.82) is 0 Å². The number of nitrogens with one attached hydrogen (secondary N) is 1. The van der Waals surface area contributed by atoms with Crippen molar-refractivity contribution in [3.8, 4) is 0 Å². The second kappa shape index (κ2) is 5.23. The summed E-state index contributed by atoms with van der Waals surface area (Å²) in [6, 6.07) is -0.438. The minimum Gasteiger partial charge on any atom is -0.392 e. The molecular weight excluding hydrogens is 232 g/mol. The summed E-state index contributed by atoms with van der Waals surface area (Å²) < 4.78 is 25.9. The number of hydrogen-bond acceptors (Lipinski definition) is 3. The van der Waals surface area contributed by atoms with E-state index in [1.54, 1.807) is 0 Å². The maximum absolute atomic E-state index is 11.7. The standard InChI is InChI=1S/C9H20N2O2S2/c1-5-7(8(10)14)11-15(12,13)6-9(2,3)4/h7,11H,5-6H2,1-4H3,(H2,10,14). The minimum atomic E-state index is -3.31. The highest BCUT2D eigenvalue weighted by Crippen LogP contribution is 2.15. The predicted octanol–water partition coefficient (Wildman–Crippen LogP) is 1.02. The normalized spacial score (nSPS) is 14.9. The van der Waals surface area contributed by atoms with Crippen LogP contribution in [-0.2, 0) is 10.0 Å². The molecule has 15 heavy (non-hydrogen) atoms. The minimum absolute atomic E-state index is 0.0686. The molecule has 4 nitrogen and oxygen atoms in total. The van der Waals surface area contributed by atoms with Crippen molar-refractivity contribution in [2.75, 3.05) is 5.75 Å². The first-order chi connectivity index (χ1) is 6.57. The van der Waals surface area contributed by atoms with Crippen LogP contribution in [0.4, 0.5) is 0 Å². The lowest BCUT2D eigenvalue weighted by Gasteiger charge is -2.21. The van der Waals surface area contributed by atoms with E-state index in [9.17, 15) is 8.42 Å². The molecule has 0 heterocycles. The molecular formula is C9H20N2O2S2. The van der Waals surface area contributed by atoms with Gasteiger partial charge in [-0.05, 0) is 11.8 Å². The largest absolute Gasteiger partial charge is 0.392 e. The molecule has 0 aliphatic carbocycles. The Kier molecular flexibility index (Phi) is 5.16. The van der Waals surface area contributed by atoms with Crippen LogP contribution in [0.1, 0.15) is 34.1 Å². The lowest BCUT2D eigenvalue weighted by molar-refractivity contribution is 0.456. The molecule has 0 aliphatic rings. The lowest BCUT2D eigenvalue weighted by Crippen LogP contribution is -2.45. The summed E-state index contributed by atoms with van der Waals surface area (Å²) in [6.45, 7) is 7.44. The molecule has 0 aromatic heterocycles. The fourth-order valence-electron chi connectivity index (χ4n) is 1.17. The van der Waals surface area contributed by atoms with Gasteiger partial charge >= 0.3 is 0 Å². The van der Waals surface area contributed by atoms with E-state index in [0.29, 0.717) is 6.42 Å². The zero-order chi connectivity index (χ0) is 12.3. The van der Waals surface area contributed by atoms with Gasteiger partial charge in [-0.25, -0.2) is 13.1 Å². The fraction of sp³-hybridized carbons (Fsp3) is 0.889. The van der Waals surface area contributed by atoms with E-state index in [1.165, 1.54) is 0 Å². The number of sulfonamides is 1. The van der Waals surface area contributed by atoms with Crippen molar-refractivity contribution in [2.24, 2.45) is 11.1 Å². The summed E-state index contributed by atoms with van der Waals surface area (Å²) >= 11 is 4.78. The molecule has 0 saturated carbocycles. The molecule has 90 valence electrons. The number of rotatable bonds is 5. The molecule has 0 aliphatic heterocycles. The molecule has 0 aromatic rings. The van der Waals surface area contributed by atoms with E-state index in [1.807, 2.05) is 27.7 Å². The zero-order valence-corrected chi connectivity index (χ0v) is 11.3. The van der Waals surface area contributed by atoms with Gasteiger partial charge in [0.15, 0.2) is 0 Å². The van der Waals surface area contributed by atoms with Crippen LogP contribution in [0.5, 0.6) is 0 Å². The van der Waals surface area contributed by atoms with Gasteiger partial charge in [0.05, 0.1) is 16.8 Å². The van der Waals surface area contributed by atoms with Gasteiger partial charge in [0.25, 0.3) is 0 Å². The van der Waals surface area contributed by atoms with Gasteiger partial charge in [-0.15, -0.1) is 0 Å². The fourth-order valence-corrected chi connectivity index (χ4v) is 3.42. The van der Waals surface area contributed by atoms with Crippen molar-refractivity contribution in [2.45, 2.75) is 40.2 Å². The van der Waals surface area contributed by atoms with E-state index in [0.717, 1.165) is 0 Å². The summed E-state index contributed by atoms with van der Waals surface area (Å²) in [6.07, 6.45) is 0.568. The zero-order valence-electron chi connectivity index (χ0n) is 9.70. The Morgan fingerprint density at radius 3 is 2.20 bits per heavy atom. The van der Waals surface area contributed by atoms with Gasteiger partial charge in [0, 0.05) is 0 Å². The molecule has 0 fully saturated rings. The Morgan fingerprint density at radius 1 is 1.47 bits per heavy atom. The molecule has 0 aromatic carbocycles. The second-order valence-electron chi connectivity index (χ2n) is 4.80. The molecule has 0 radical (unpaired) electrons. The topological polar surface area (TPSA) is 72.2 Å². The molecule has 0 saturated heterocycles. The average Bonchev–Trinajstić information content (AvgIpc) is 1.94. The highest BCUT2D eigenvalue weighted by molar-refractivity contribution is 7.89. The van der Waals surface area contributed by atoms with Crippen LogP contribution in [0.3, 0.4) is 0 Å². The Labute approximate surface area is 97.7 Å². The first kappa shape index (κ1) is 14.8. The van der Waals surface area contributed by atoms with Crippen molar-refractivity contribution in [1.82, 2.24) is 4.72 Å². The Morgan fingerprint density at radius 2 is 1.93 bits per heavy atom. The number of hydrogen-bond donors (Lipinski definition) is 2. The second-order valence-corrected chi connectivity index (χ2v) is 7.03. The predicted molar refractivity (Wildman–Crippen MR) is 67.2 cm³/mol. The van der Waals surface area contributed by atoms with E-state index in [-0.39, 0.29) is 16.2 Å². The Hall–Kier alpha value is -0.200. The smallest absolute Gasteiger partial charge is 0.212 e. The molecule has 1 unspecified atom stereocenters. The van der Waals surface area contributed by atoms with Crippen molar-refractivity contribution < 1.29 is 8.42 Å². The van der Waals surface area contributed by atoms with Crippen LogP contribution in [0.15, 0.2) is 0 Å². The first-order valence-electron chi connectivity index (χ1n) is 4.87. The summed E-state index contributed by atoms with van der Waals surface area (Å²) in [5.41, 5.74) is 5.15.